The van der Waals surface area contributed by atoms with Crippen LogP contribution in [-0.4, -0.2) is 18.3 Å². The van der Waals surface area contributed by atoms with Gasteiger partial charge in [0.1, 0.15) is 5.75 Å². The highest BCUT2D eigenvalue weighted by Gasteiger charge is 2.12. The van der Waals surface area contributed by atoms with E-state index < -0.39 is 0 Å². The average molecular weight is 399 g/mol. The van der Waals surface area contributed by atoms with E-state index in [1.807, 2.05) is 55.5 Å². The number of carbonyl (C=O) groups excluding carboxylic acids is 2. The molecule has 0 unspecified atom stereocenters. The van der Waals surface area contributed by atoms with Crippen LogP contribution < -0.4 is 10.1 Å². The molecule has 152 valence electrons. The van der Waals surface area contributed by atoms with Crippen molar-refractivity contribution in [2.75, 3.05) is 11.9 Å². The van der Waals surface area contributed by atoms with Crippen LogP contribution in [0.4, 0.5) is 5.69 Å². The molecule has 0 fully saturated rings. The van der Waals surface area contributed by atoms with Crippen LogP contribution in [0, 0.1) is 6.92 Å². The van der Waals surface area contributed by atoms with Gasteiger partial charge in [-0.3, -0.25) is 9.59 Å². The molecule has 0 aliphatic carbocycles. The summed E-state index contributed by atoms with van der Waals surface area (Å²) in [7, 11) is 0. The number of ketones is 1. The summed E-state index contributed by atoms with van der Waals surface area (Å²) < 4.78 is 5.56. The third-order valence-electron chi connectivity index (χ3n) is 4.57. The number of nitrogens with one attached hydrogen (secondary N) is 1. The number of amides is 1. The van der Waals surface area contributed by atoms with Crippen LogP contribution in [0.1, 0.15) is 40.4 Å². The zero-order valence-corrected chi connectivity index (χ0v) is 17.2. The van der Waals surface area contributed by atoms with Gasteiger partial charge in [0.25, 0.3) is 0 Å². The van der Waals surface area contributed by atoms with Crippen LogP contribution in [0.25, 0.3) is 6.08 Å². The maximum Gasteiger partial charge on any atom is 0.248 e. The quantitative estimate of drug-likeness (QED) is 0.392. The summed E-state index contributed by atoms with van der Waals surface area (Å²) in [6.45, 7) is 4.63. The van der Waals surface area contributed by atoms with E-state index in [0.717, 1.165) is 23.3 Å². The summed E-state index contributed by atoms with van der Waals surface area (Å²) in [6.07, 6.45) is 4.17. The minimum Gasteiger partial charge on any atom is -0.494 e. The molecule has 0 radical (unpaired) electrons. The van der Waals surface area contributed by atoms with Crippen molar-refractivity contribution in [1.29, 1.82) is 0 Å². The van der Waals surface area contributed by atoms with E-state index >= 15 is 0 Å². The molecule has 0 spiro atoms. The van der Waals surface area contributed by atoms with E-state index in [2.05, 4.69) is 12.2 Å². The fourth-order valence-corrected chi connectivity index (χ4v) is 2.94. The van der Waals surface area contributed by atoms with E-state index in [4.69, 9.17) is 4.74 Å². The predicted octanol–water partition coefficient (Wildman–Crippen LogP) is 5.67. The first kappa shape index (κ1) is 21.1. The van der Waals surface area contributed by atoms with Crippen molar-refractivity contribution >= 4 is 23.5 Å². The van der Waals surface area contributed by atoms with Crippen LogP contribution >= 0.6 is 0 Å². The molecular weight excluding hydrogens is 374 g/mol. The zero-order valence-electron chi connectivity index (χ0n) is 17.2. The molecule has 0 atom stereocenters. The lowest BCUT2D eigenvalue weighted by Crippen LogP contribution is -2.10. The second-order valence-corrected chi connectivity index (χ2v) is 6.96. The highest BCUT2D eigenvalue weighted by Crippen LogP contribution is 2.19. The summed E-state index contributed by atoms with van der Waals surface area (Å²) in [6, 6.07) is 22.0. The monoisotopic (exact) mass is 399 g/mol. The Morgan fingerprint density at radius 3 is 2.40 bits per heavy atom. The summed E-state index contributed by atoms with van der Waals surface area (Å²) in [5.41, 5.74) is 3.54. The highest BCUT2D eigenvalue weighted by molar-refractivity contribution is 6.11. The second-order valence-electron chi connectivity index (χ2n) is 6.96. The minimum absolute atomic E-state index is 0.0647. The molecule has 0 heterocycles. The first-order valence-electron chi connectivity index (χ1n) is 9.99. The van der Waals surface area contributed by atoms with Gasteiger partial charge in [0.15, 0.2) is 5.78 Å². The number of carbonyl (C=O) groups is 2. The topological polar surface area (TPSA) is 55.4 Å². The molecule has 0 aliphatic heterocycles. The minimum atomic E-state index is -0.261. The smallest absolute Gasteiger partial charge is 0.248 e. The fraction of sp³-hybridized carbons (Fsp3) is 0.154. The summed E-state index contributed by atoms with van der Waals surface area (Å²) >= 11 is 0. The Bertz CT molecular complexity index is 1040. The van der Waals surface area contributed by atoms with Gasteiger partial charge < -0.3 is 10.1 Å². The van der Waals surface area contributed by atoms with Gasteiger partial charge in [0.2, 0.25) is 5.91 Å². The number of hydrogen-bond acceptors (Lipinski definition) is 3. The molecule has 0 bridgehead atoms. The van der Waals surface area contributed by atoms with Gasteiger partial charge in [-0.1, -0.05) is 55.5 Å². The van der Waals surface area contributed by atoms with E-state index in [-0.39, 0.29) is 11.7 Å². The van der Waals surface area contributed by atoms with Gasteiger partial charge >= 0.3 is 0 Å². The third kappa shape index (κ3) is 5.67. The fourth-order valence-electron chi connectivity index (χ4n) is 2.94. The van der Waals surface area contributed by atoms with Crippen molar-refractivity contribution in [1.82, 2.24) is 0 Å². The van der Waals surface area contributed by atoms with Crippen LogP contribution in [-0.2, 0) is 4.79 Å². The molecule has 30 heavy (non-hydrogen) atoms. The van der Waals surface area contributed by atoms with Gasteiger partial charge in [-0.05, 0) is 54.8 Å². The van der Waals surface area contributed by atoms with Crippen molar-refractivity contribution in [3.8, 4) is 5.75 Å². The number of benzene rings is 3. The maximum absolute atomic E-state index is 12.8. The molecule has 4 heteroatoms. The van der Waals surface area contributed by atoms with Gasteiger partial charge in [0, 0.05) is 22.9 Å². The lowest BCUT2D eigenvalue weighted by atomic mass is 9.98. The SMILES string of the molecule is CCCOc1ccc(/C=C/C(=O)Nc2ccc(C)c(C(=O)c3ccccc3)c2)cc1. The molecule has 0 aromatic heterocycles. The summed E-state index contributed by atoms with van der Waals surface area (Å²) in [4.78, 5) is 25.1. The molecular formula is C26H25NO3. The summed E-state index contributed by atoms with van der Waals surface area (Å²) in [5, 5.41) is 2.82. The van der Waals surface area contributed by atoms with Crippen LogP contribution in [0.2, 0.25) is 0 Å². The van der Waals surface area contributed by atoms with Gasteiger partial charge in [-0.15, -0.1) is 0 Å². The van der Waals surface area contributed by atoms with E-state index in [1.54, 1.807) is 30.3 Å². The number of anilines is 1. The number of ether oxygens (including phenoxy) is 1. The molecule has 4 nitrogen and oxygen atoms in total. The maximum atomic E-state index is 12.8. The molecule has 1 N–H and O–H groups in total. The van der Waals surface area contributed by atoms with Crippen molar-refractivity contribution in [2.45, 2.75) is 20.3 Å². The van der Waals surface area contributed by atoms with Crippen molar-refractivity contribution in [3.05, 3.63) is 101 Å². The van der Waals surface area contributed by atoms with E-state index in [0.29, 0.717) is 23.4 Å². The van der Waals surface area contributed by atoms with Crippen LogP contribution in [0.5, 0.6) is 5.75 Å². The molecule has 3 rings (SSSR count). The Balaban J connectivity index is 1.66. The van der Waals surface area contributed by atoms with Crippen molar-refractivity contribution in [2.24, 2.45) is 0 Å². The van der Waals surface area contributed by atoms with Gasteiger partial charge in [-0.25, -0.2) is 0 Å². The Hall–Kier alpha value is -3.66. The Labute approximate surface area is 177 Å². The molecule has 3 aromatic rings. The molecule has 0 aliphatic rings. The first-order chi connectivity index (χ1) is 14.6. The number of rotatable bonds is 8. The molecule has 3 aromatic carbocycles. The predicted molar refractivity (Wildman–Crippen MR) is 121 cm³/mol. The van der Waals surface area contributed by atoms with Crippen molar-refractivity contribution < 1.29 is 14.3 Å². The van der Waals surface area contributed by atoms with E-state index in [9.17, 15) is 9.59 Å². The molecule has 0 saturated carbocycles. The standard InChI is InChI=1S/C26H25NO3/c1-3-17-30-23-14-10-20(11-15-23)12-16-25(28)27-22-13-9-19(2)24(18-22)26(29)21-7-5-4-6-8-21/h4-16,18H,3,17H2,1-2H3,(H,27,28)/b16-12+. The van der Waals surface area contributed by atoms with Crippen LogP contribution in [0.15, 0.2) is 78.9 Å². The lowest BCUT2D eigenvalue weighted by molar-refractivity contribution is -0.111. The largest absolute Gasteiger partial charge is 0.494 e. The molecule has 1 amide bonds. The Kier molecular flexibility index (Phi) is 7.17. The average Bonchev–Trinajstić information content (AvgIpc) is 2.78. The Morgan fingerprint density at radius 1 is 0.967 bits per heavy atom. The molecule has 0 saturated heterocycles. The van der Waals surface area contributed by atoms with Gasteiger partial charge in [-0.2, -0.15) is 0 Å². The highest BCUT2D eigenvalue weighted by atomic mass is 16.5. The lowest BCUT2D eigenvalue weighted by Gasteiger charge is -2.09. The van der Waals surface area contributed by atoms with Crippen molar-refractivity contribution in [3.63, 3.8) is 0 Å². The second kappa shape index (κ2) is 10.2. The Morgan fingerprint density at radius 2 is 1.70 bits per heavy atom. The van der Waals surface area contributed by atoms with Gasteiger partial charge in [0.05, 0.1) is 6.61 Å². The van der Waals surface area contributed by atoms with Crippen LogP contribution in [0.3, 0.4) is 0 Å². The number of hydrogen-bond donors (Lipinski definition) is 1. The first-order valence-corrected chi connectivity index (χ1v) is 9.99. The summed E-state index contributed by atoms with van der Waals surface area (Å²) in [5.74, 6) is 0.488. The normalized spacial score (nSPS) is 10.7. The third-order valence-corrected chi connectivity index (χ3v) is 4.57. The zero-order chi connectivity index (χ0) is 21.3. The number of aryl methyl sites for hydroxylation is 1. The van der Waals surface area contributed by atoms with E-state index in [1.165, 1.54) is 6.08 Å².